The molecule has 2 fully saturated rings. The Hall–Kier alpha value is -2.60. The van der Waals surface area contributed by atoms with E-state index < -0.39 is 17.6 Å². The van der Waals surface area contributed by atoms with Crippen LogP contribution in [0.5, 0.6) is 0 Å². The van der Waals surface area contributed by atoms with Crippen LogP contribution < -0.4 is 10.2 Å². The van der Waals surface area contributed by atoms with Crippen LogP contribution in [-0.2, 0) is 10.9 Å². The number of pyridine rings is 1. The lowest BCUT2D eigenvalue weighted by atomic mass is 9.98. The number of carbonyl (C=O) groups is 2. The lowest BCUT2D eigenvalue weighted by molar-refractivity contribution is -0.136. The van der Waals surface area contributed by atoms with E-state index in [-0.39, 0.29) is 39.8 Å². The van der Waals surface area contributed by atoms with Crippen LogP contribution in [0.25, 0.3) is 10.2 Å². The first-order chi connectivity index (χ1) is 16.0. The molecule has 0 unspecified atom stereocenters. The van der Waals surface area contributed by atoms with Crippen LogP contribution in [0.4, 0.5) is 23.8 Å². The van der Waals surface area contributed by atoms with Gasteiger partial charge in [0.15, 0.2) is 0 Å². The van der Waals surface area contributed by atoms with Gasteiger partial charge < -0.3 is 24.8 Å². The number of aromatic nitrogens is 1. The van der Waals surface area contributed by atoms with Gasteiger partial charge in [-0.2, -0.15) is 13.2 Å². The summed E-state index contributed by atoms with van der Waals surface area (Å²) in [6.45, 7) is 3.38. The Balaban J connectivity index is 1.47. The third-order valence-corrected chi connectivity index (χ3v) is 7.65. The van der Waals surface area contributed by atoms with Crippen LogP contribution in [0.15, 0.2) is 11.4 Å². The molecule has 2 aliphatic rings. The summed E-state index contributed by atoms with van der Waals surface area (Å²) in [6.07, 6.45) is -4.26. The van der Waals surface area contributed by atoms with Gasteiger partial charge in [0.05, 0.1) is 21.3 Å². The van der Waals surface area contributed by atoms with Crippen LogP contribution in [-0.4, -0.2) is 85.7 Å². The highest BCUT2D eigenvalue weighted by atomic mass is 32.1. The SMILES string of the molecule is CNC(=O)c1csc2c(C(F)(F)F)cc(N3CCC(OC(=O)N4C[C@H](N(C)C)[C@@H]4C)CC3)nc12. The summed E-state index contributed by atoms with van der Waals surface area (Å²) in [7, 11) is 5.37. The fraction of sp³-hybridized carbons (Fsp3) is 0.591. The second kappa shape index (κ2) is 9.21. The van der Waals surface area contributed by atoms with E-state index in [0.717, 1.165) is 17.4 Å². The maximum atomic E-state index is 13.8. The predicted octanol–water partition coefficient (Wildman–Crippen LogP) is 3.41. The molecule has 2 amide bonds. The average molecular weight is 500 g/mol. The monoisotopic (exact) mass is 499 g/mol. The Morgan fingerprint density at radius 3 is 2.50 bits per heavy atom. The summed E-state index contributed by atoms with van der Waals surface area (Å²) in [5.74, 6) is -0.315. The number of alkyl halides is 3. The molecule has 0 saturated carbocycles. The predicted molar refractivity (Wildman–Crippen MR) is 123 cm³/mol. The number of anilines is 1. The lowest BCUT2D eigenvalue weighted by Gasteiger charge is -2.48. The molecule has 34 heavy (non-hydrogen) atoms. The smallest absolute Gasteiger partial charge is 0.417 e. The molecule has 4 rings (SSSR count). The third kappa shape index (κ3) is 4.52. The summed E-state index contributed by atoms with van der Waals surface area (Å²) < 4.78 is 47.0. The Morgan fingerprint density at radius 1 is 1.26 bits per heavy atom. The summed E-state index contributed by atoms with van der Waals surface area (Å²) in [4.78, 5) is 34.6. The standard InChI is InChI=1S/C22H28F3N5O3S/c1-12-16(28(3)4)10-30(12)21(32)33-13-5-7-29(8-6-13)17-9-15(22(23,24)25)19-18(27-17)14(11-34-19)20(31)26-2/h9,11-13,16H,5-8,10H2,1-4H3,(H,26,31)/t12-,16-/m0/s1. The topological polar surface area (TPSA) is 78.0 Å². The summed E-state index contributed by atoms with van der Waals surface area (Å²) in [5, 5.41) is 3.85. The Bertz CT molecular complexity index is 1080. The van der Waals surface area contributed by atoms with Gasteiger partial charge in [0.1, 0.15) is 11.9 Å². The third-order valence-electron chi connectivity index (χ3n) is 6.65. The van der Waals surface area contributed by atoms with Gasteiger partial charge in [-0.05, 0) is 27.1 Å². The Morgan fingerprint density at radius 2 is 1.94 bits per heavy atom. The second-order valence-electron chi connectivity index (χ2n) is 8.93. The minimum absolute atomic E-state index is 0.0462. The van der Waals surface area contributed by atoms with Crippen molar-refractivity contribution in [1.82, 2.24) is 20.1 Å². The van der Waals surface area contributed by atoms with E-state index in [1.807, 2.05) is 21.0 Å². The van der Waals surface area contributed by atoms with Crippen molar-refractivity contribution in [2.45, 2.75) is 44.1 Å². The number of fused-ring (bicyclic) bond motifs is 1. The molecule has 1 N–H and O–H groups in total. The van der Waals surface area contributed by atoms with Crippen molar-refractivity contribution < 1.29 is 27.5 Å². The van der Waals surface area contributed by atoms with Crippen molar-refractivity contribution in [2.24, 2.45) is 0 Å². The molecule has 0 spiro atoms. The van der Waals surface area contributed by atoms with E-state index in [4.69, 9.17) is 4.74 Å². The molecule has 2 atom stereocenters. The van der Waals surface area contributed by atoms with Gasteiger partial charge in [-0.15, -0.1) is 11.3 Å². The second-order valence-corrected chi connectivity index (χ2v) is 9.81. The highest BCUT2D eigenvalue weighted by molar-refractivity contribution is 7.17. The fourth-order valence-corrected chi connectivity index (χ4v) is 5.53. The molecule has 0 aromatic carbocycles. The zero-order valence-corrected chi connectivity index (χ0v) is 20.3. The van der Waals surface area contributed by atoms with E-state index in [1.165, 1.54) is 12.4 Å². The van der Waals surface area contributed by atoms with E-state index >= 15 is 0 Å². The number of nitrogens with one attached hydrogen (secondary N) is 1. The van der Waals surface area contributed by atoms with E-state index in [2.05, 4.69) is 15.2 Å². The number of carbonyl (C=O) groups excluding carboxylic acids is 2. The zero-order valence-electron chi connectivity index (χ0n) is 19.5. The van der Waals surface area contributed by atoms with E-state index in [0.29, 0.717) is 38.5 Å². The molecule has 12 heteroatoms. The maximum Gasteiger partial charge on any atom is 0.417 e. The zero-order chi connectivity index (χ0) is 24.8. The first-order valence-corrected chi connectivity index (χ1v) is 12.0. The molecule has 2 aromatic heterocycles. The highest BCUT2D eigenvalue weighted by Gasteiger charge is 2.42. The number of rotatable bonds is 4. The molecular formula is C22H28F3N5O3S. The van der Waals surface area contributed by atoms with Gasteiger partial charge in [-0.25, -0.2) is 9.78 Å². The number of amides is 2. The number of hydrogen-bond donors (Lipinski definition) is 1. The summed E-state index contributed by atoms with van der Waals surface area (Å²) in [5.41, 5.74) is -0.633. The Kier molecular flexibility index (Phi) is 6.65. The number of halogens is 3. The number of likely N-dealkylation sites (N-methyl/N-ethyl adjacent to an activating group) is 1. The number of piperidine rings is 1. The van der Waals surface area contributed by atoms with Crippen LogP contribution in [0.1, 0.15) is 35.7 Å². The van der Waals surface area contributed by atoms with Gasteiger partial charge in [-0.1, -0.05) is 0 Å². The van der Waals surface area contributed by atoms with Crippen molar-refractivity contribution in [3.63, 3.8) is 0 Å². The van der Waals surface area contributed by atoms with Gasteiger partial charge in [0.2, 0.25) is 0 Å². The summed E-state index contributed by atoms with van der Waals surface area (Å²) in [6, 6.07) is 1.41. The molecule has 2 aromatic rings. The van der Waals surface area contributed by atoms with Crippen molar-refractivity contribution in [2.75, 3.05) is 45.7 Å². The van der Waals surface area contributed by atoms with Gasteiger partial charge in [0.25, 0.3) is 5.91 Å². The van der Waals surface area contributed by atoms with Gasteiger partial charge >= 0.3 is 12.3 Å². The van der Waals surface area contributed by atoms with Gasteiger partial charge in [0, 0.05) is 57.0 Å². The molecule has 2 saturated heterocycles. The number of thiophene rings is 1. The molecule has 0 bridgehead atoms. The number of nitrogens with zero attached hydrogens (tertiary/aromatic N) is 4. The van der Waals surface area contributed by atoms with Crippen LogP contribution in [0.3, 0.4) is 0 Å². The van der Waals surface area contributed by atoms with Crippen molar-refractivity contribution in [3.8, 4) is 0 Å². The quantitative estimate of drug-likeness (QED) is 0.695. The van der Waals surface area contributed by atoms with E-state index in [1.54, 1.807) is 9.80 Å². The molecule has 0 aliphatic carbocycles. The molecule has 8 nitrogen and oxygen atoms in total. The lowest BCUT2D eigenvalue weighted by Crippen LogP contribution is -2.65. The summed E-state index contributed by atoms with van der Waals surface area (Å²) >= 11 is 0.859. The molecule has 2 aliphatic heterocycles. The van der Waals surface area contributed by atoms with Crippen molar-refractivity contribution in [3.05, 3.63) is 22.6 Å². The first-order valence-electron chi connectivity index (χ1n) is 11.1. The van der Waals surface area contributed by atoms with Crippen molar-refractivity contribution >= 4 is 39.4 Å². The largest absolute Gasteiger partial charge is 0.446 e. The molecular weight excluding hydrogens is 471 g/mol. The number of likely N-dealkylation sites (tertiary alicyclic amines) is 1. The van der Waals surface area contributed by atoms with Crippen LogP contribution in [0.2, 0.25) is 0 Å². The fourth-order valence-electron chi connectivity index (χ4n) is 4.50. The average Bonchev–Trinajstić information content (AvgIpc) is 3.20. The van der Waals surface area contributed by atoms with Crippen molar-refractivity contribution in [1.29, 1.82) is 0 Å². The first kappa shape index (κ1) is 24.5. The highest BCUT2D eigenvalue weighted by Crippen LogP contribution is 2.40. The number of hydrogen-bond acceptors (Lipinski definition) is 7. The molecule has 0 radical (unpaired) electrons. The Labute approximate surface area is 199 Å². The maximum absolute atomic E-state index is 13.8. The minimum Gasteiger partial charge on any atom is -0.446 e. The van der Waals surface area contributed by atoms with Gasteiger partial charge in [-0.3, -0.25) is 4.79 Å². The minimum atomic E-state index is -4.58. The van der Waals surface area contributed by atoms with Crippen LogP contribution >= 0.6 is 11.3 Å². The number of ether oxygens (including phenoxy) is 1. The van der Waals surface area contributed by atoms with E-state index in [9.17, 15) is 22.8 Å². The molecule has 4 heterocycles. The van der Waals surface area contributed by atoms with Crippen LogP contribution in [0, 0.1) is 0 Å². The molecule has 186 valence electrons. The normalized spacial score (nSPS) is 21.6.